The van der Waals surface area contributed by atoms with Crippen molar-refractivity contribution in [2.75, 3.05) is 24.6 Å². The lowest BCUT2D eigenvalue weighted by Crippen LogP contribution is -2.48. The molecule has 0 amide bonds. The van der Waals surface area contributed by atoms with Crippen LogP contribution in [0.15, 0.2) is 30.3 Å². The summed E-state index contributed by atoms with van der Waals surface area (Å²) in [4.78, 5) is 7.07. The van der Waals surface area contributed by atoms with Crippen LogP contribution in [-0.2, 0) is 10.6 Å². The van der Waals surface area contributed by atoms with Gasteiger partial charge in [-0.25, -0.2) is 4.98 Å². The van der Waals surface area contributed by atoms with Crippen molar-refractivity contribution in [1.82, 2.24) is 4.98 Å². The summed E-state index contributed by atoms with van der Waals surface area (Å²) in [5, 5.41) is 1.14. The minimum absolute atomic E-state index is 0.132. The Morgan fingerprint density at radius 2 is 2.15 bits per heavy atom. The van der Waals surface area contributed by atoms with Crippen LogP contribution < -0.4 is 4.90 Å². The molecule has 2 aromatic rings. The first kappa shape index (κ1) is 13.7. The molecular weight excluding hydrogens is 272 g/mol. The van der Waals surface area contributed by atoms with Crippen LogP contribution in [0.5, 0.6) is 0 Å². The number of para-hydroxylation sites is 1. The number of fused-ring (bicyclic) bond motifs is 1. The average molecular weight is 291 g/mol. The highest BCUT2D eigenvalue weighted by atomic mass is 35.5. The van der Waals surface area contributed by atoms with Crippen molar-refractivity contribution in [3.8, 4) is 0 Å². The highest BCUT2D eigenvalue weighted by Crippen LogP contribution is 2.27. The Morgan fingerprint density at radius 1 is 1.35 bits per heavy atom. The summed E-state index contributed by atoms with van der Waals surface area (Å²) in [5.74, 6) is 1.50. The van der Waals surface area contributed by atoms with Crippen LogP contribution in [0.25, 0.3) is 10.9 Å². The summed E-state index contributed by atoms with van der Waals surface area (Å²) in [5.41, 5.74) is 2.01. The molecule has 3 nitrogen and oxygen atoms in total. The van der Waals surface area contributed by atoms with Crippen molar-refractivity contribution < 1.29 is 4.74 Å². The third-order valence-electron chi connectivity index (χ3n) is 3.68. The van der Waals surface area contributed by atoms with Gasteiger partial charge in [-0.05, 0) is 31.5 Å². The second-order valence-corrected chi connectivity index (χ2v) is 6.09. The maximum absolute atomic E-state index is 6.10. The summed E-state index contributed by atoms with van der Waals surface area (Å²) in [6, 6.07) is 10.3. The molecule has 0 bridgehead atoms. The van der Waals surface area contributed by atoms with Gasteiger partial charge < -0.3 is 9.64 Å². The minimum atomic E-state index is -0.132. The van der Waals surface area contributed by atoms with E-state index in [-0.39, 0.29) is 5.60 Å². The van der Waals surface area contributed by atoms with Gasteiger partial charge in [0.05, 0.1) is 17.7 Å². The molecule has 4 heteroatoms. The molecule has 0 radical (unpaired) electrons. The van der Waals surface area contributed by atoms with Crippen molar-refractivity contribution >= 4 is 28.3 Å². The van der Waals surface area contributed by atoms with Crippen molar-refractivity contribution in [1.29, 1.82) is 0 Å². The largest absolute Gasteiger partial charge is 0.372 e. The number of hydrogen-bond donors (Lipinski definition) is 0. The van der Waals surface area contributed by atoms with Gasteiger partial charge in [0.2, 0.25) is 0 Å². The SMILES string of the molecule is CC1(C)CN(c2cc(CCl)c3ccccc3n2)CCO1. The van der Waals surface area contributed by atoms with Crippen molar-refractivity contribution in [2.45, 2.75) is 25.3 Å². The third kappa shape index (κ3) is 2.60. The standard InChI is InChI=1S/C16H19ClN2O/c1-16(2)11-19(7-8-20-16)15-9-12(10-17)13-5-3-4-6-14(13)18-15/h3-6,9H,7-8,10-11H2,1-2H3. The first-order valence-electron chi connectivity index (χ1n) is 6.93. The van der Waals surface area contributed by atoms with Crippen molar-refractivity contribution in [3.63, 3.8) is 0 Å². The van der Waals surface area contributed by atoms with E-state index in [0.29, 0.717) is 5.88 Å². The molecule has 20 heavy (non-hydrogen) atoms. The monoisotopic (exact) mass is 290 g/mol. The summed E-state index contributed by atoms with van der Waals surface area (Å²) in [6.07, 6.45) is 0. The molecule has 106 valence electrons. The average Bonchev–Trinajstić information content (AvgIpc) is 2.45. The highest BCUT2D eigenvalue weighted by Gasteiger charge is 2.28. The smallest absolute Gasteiger partial charge is 0.129 e. The summed E-state index contributed by atoms with van der Waals surface area (Å²) < 4.78 is 5.77. The number of morpholine rings is 1. The van der Waals surface area contributed by atoms with Gasteiger partial charge in [0, 0.05) is 24.4 Å². The number of nitrogens with zero attached hydrogens (tertiary/aromatic N) is 2. The van der Waals surface area contributed by atoms with E-state index in [4.69, 9.17) is 21.3 Å². The summed E-state index contributed by atoms with van der Waals surface area (Å²) in [7, 11) is 0. The lowest BCUT2D eigenvalue weighted by atomic mass is 10.1. The molecule has 1 saturated heterocycles. The normalized spacial score (nSPS) is 18.4. The Kier molecular flexibility index (Phi) is 3.57. The molecule has 1 aromatic carbocycles. The van der Waals surface area contributed by atoms with Crippen molar-refractivity contribution in [3.05, 3.63) is 35.9 Å². The Morgan fingerprint density at radius 3 is 2.90 bits per heavy atom. The van der Waals surface area contributed by atoms with Crippen LogP contribution in [0.1, 0.15) is 19.4 Å². The first-order valence-corrected chi connectivity index (χ1v) is 7.46. The molecule has 2 heterocycles. The molecule has 0 N–H and O–H groups in total. The number of rotatable bonds is 2. The molecule has 0 unspecified atom stereocenters. The third-order valence-corrected chi connectivity index (χ3v) is 3.97. The zero-order valence-electron chi connectivity index (χ0n) is 11.9. The van der Waals surface area contributed by atoms with Gasteiger partial charge in [0.1, 0.15) is 5.82 Å². The van der Waals surface area contributed by atoms with Gasteiger partial charge in [0.25, 0.3) is 0 Å². The summed E-state index contributed by atoms with van der Waals surface area (Å²) in [6.45, 7) is 6.68. The first-order chi connectivity index (χ1) is 9.59. The van der Waals surface area contributed by atoms with Crippen LogP contribution in [0.3, 0.4) is 0 Å². The fraction of sp³-hybridized carbons (Fsp3) is 0.438. The maximum atomic E-state index is 6.10. The lowest BCUT2D eigenvalue weighted by molar-refractivity contribution is -0.0279. The molecule has 3 rings (SSSR count). The zero-order valence-corrected chi connectivity index (χ0v) is 12.7. The van der Waals surface area contributed by atoms with Gasteiger partial charge in [-0.15, -0.1) is 11.6 Å². The van der Waals surface area contributed by atoms with E-state index < -0.39 is 0 Å². The molecule has 1 aliphatic heterocycles. The molecule has 0 atom stereocenters. The van der Waals surface area contributed by atoms with Crippen LogP contribution in [-0.4, -0.2) is 30.3 Å². The van der Waals surface area contributed by atoms with Gasteiger partial charge in [-0.3, -0.25) is 0 Å². The minimum Gasteiger partial charge on any atom is -0.372 e. The van der Waals surface area contributed by atoms with Gasteiger partial charge >= 0.3 is 0 Å². The number of alkyl halides is 1. The molecule has 1 aliphatic rings. The van der Waals surface area contributed by atoms with Crippen LogP contribution in [0.2, 0.25) is 0 Å². The fourth-order valence-corrected chi connectivity index (χ4v) is 2.94. The lowest BCUT2D eigenvalue weighted by Gasteiger charge is -2.39. The van der Waals surface area contributed by atoms with Crippen molar-refractivity contribution in [2.24, 2.45) is 0 Å². The number of ether oxygens (including phenoxy) is 1. The van der Waals surface area contributed by atoms with E-state index in [1.807, 2.05) is 18.2 Å². The molecular formula is C16H19ClN2O. The van der Waals surface area contributed by atoms with Gasteiger partial charge in [-0.2, -0.15) is 0 Å². The Labute approximate surface area is 124 Å². The van der Waals surface area contributed by atoms with Gasteiger partial charge in [0.15, 0.2) is 0 Å². The second-order valence-electron chi connectivity index (χ2n) is 5.82. The zero-order chi connectivity index (χ0) is 14.2. The number of pyridine rings is 1. The number of anilines is 1. The van der Waals surface area contributed by atoms with E-state index in [1.54, 1.807) is 0 Å². The van der Waals surface area contributed by atoms with E-state index in [2.05, 4.69) is 30.9 Å². The van der Waals surface area contributed by atoms with E-state index >= 15 is 0 Å². The molecule has 0 spiro atoms. The number of hydrogen-bond acceptors (Lipinski definition) is 3. The maximum Gasteiger partial charge on any atom is 0.129 e. The Bertz CT molecular complexity index is 627. The second kappa shape index (κ2) is 5.23. The van der Waals surface area contributed by atoms with Crippen LogP contribution in [0.4, 0.5) is 5.82 Å². The van der Waals surface area contributed by atoms with E-state index in [0.717, 1.165) is 42.0 Å². The highest BCUT2D eigenvalue weighted by molar-refractivity contribution is 6.18. The Hall–Kier alpha value is -1.32. The van der Waals surface area contributed by atoms with Gasteiger partial charge in [-0.1, -0.05) is 18.2 Å². The summed E-state index contributed by atoms with van der Waals surface area (Å²) >= 11 is 6.10. The fourth-order valence-electron chi connectivity index (χ4n) is 2.72. The molecule has 1 fully saturated rings. The Balaban J connectivity index is 2.03. The van der Waals surface area contributed by atoms with E-state index in [9.17, 15) is 0 Å². The molecule has 0 aliphatic carbocycles. The van der Waals surface area contributed by atoms with Crippen LogP contribution >= 0.6 is 11.6 Å². The predicted molar refractivity (Wildman–Crippen MR) is 83.5 cm³/mol. The number of aromatic nitrogens is 1. The number of halogens is 1. The van der Waals surface area contributed by atoms with Crippen LogP contribution in [0, 0.1) is 0 Å². The van der Waals surface area contributed by atoms with E-state index in [1.165, 1.54) is 0 Å². The predicted octanol–water partition coefficient (Wildman–Crippen LogP) is 3.59. The quantitative estimate of drug-likeness (QED) is 0.791. The molecule has 1 aromatic heterocycles. The number of benzene rings is 1. The topological polar surface area (TPSA) is 25.4 Å². The molecule has 0 saturated carbocycles.